The molecule has 136 valence electrons. The lowest BCUT2D eigenvalue weighted by Crippen LogP contribution is -2.24. The van der Waals surface area contributed by atoms with Crippen LogP contribution in [0.2, 0.25) is 0 Å². The molecule has 0 spiro atoms. The summed E-state index contributed by atoms with van der Waals surface area (Å²) in [5, 5.41) is 3.84. The highest BCUT2D eigenvalue weighted by Crippen LogP contribution is 2.25. The molecule has 1 N–H and O–H groups in total. The van der Waals surface area contributed by atoms with Crippen LogP contribution in [-0.4, -0.2) is 26.2 Å². The summed E-state index contributed by atoms with van der Waals surface area (Å²) >= 11 is 1.49. The van der Waals surface area contributed by atoms with Crippen LogP contribution in [0.15, 0.2) is 53.9 Å². The number of fused-ring (bicyclic) bond motifs is 1. The fourth-order valence-corrected chi connectivity index (χ4v) is 3.52. The molecule has 1 aromatic carbocycles. The van der Waals surface area contributed by atoms with Gasteiger partial charge in [-0.05, 0) is 36.1 Å². The van der Waals surface area contributed by atoms with Gasteiger partial charge in [0.15, 0.2) is 5.16 Å². The third kappa shape index (κ3) is 4.85. The molecule has 0 aliphatic carbocycles. The van der Waals surface area contributed by atoms with Crippen LogP contribution in [0.25, 0.3) is 11.0 Å². The summed E-state index contributed by atoms with van der Waals surface area (Å²) in [5.41, 5.74) is 3.11. The van der Waals surface area contributed by atoms with Crippen molar-refractivity contribution in [3.63, 3.8) is 0 Å². The van der Waals surface area contributed by atoms with Crippen LogP contribution in [0, 0.1) is 5.92 Å². The third-order valence-corrected chi connectivity index (χ3v) is 5.07. The number of carbonyl (C=O) groups is 1. The molecule has 26 heavy (non-hydrogen) atoms. The van der Waals surface area contributed by atoms with Gasteiger partial charge in [-0.15, -0.1) is 0 Å². The van der Waals surface area contributed by atoms with E-state index < -0.39 is 0 Å². The minimum atomic E-state index is 0.00122. The predicted molar refractivity (Wildman–Crippen MR) is 106 cm³/mol. The van der Waals surface area contributed by atoms with Crippen LogP contribution >= 0.6 is 11.8 Å². The Labute approximate surface area is 158 Å². The molecule has 3 rings (SSSR count). The van der Waals surface area contributed by atoms with Crippen molar-refractivity contribution in [2.75, 3.05) is 5.75 Å². The van der Waals surface area contributed by atoms with E-state index in [-0.39, 0.29) is 5.91 Å². The fraction of sp³-hybridized carbons (Fsp3) is 0.350. The van der Waals surface area contributed by atoms with E-state index in [1.54, 1.807) is 12.4 Å². The molecule has 0 radical (unpaired) electrons. The van der Waals surface area contributed by atoms with Gasteiger partial charge in [0, 0.05) is 25.5 Å². The number of hydrogen-bond acceptors (Lipinski definition) is 4. The molecule has 5 nitrogen and oxygen atoms in total. The number of hydrogen-bond donors (Lipinski definition) is 1. The molecule has 0 fully saturated rings. The van der Waals surface area contributed by atoms with Gasteiger partial charge in [0.2, 0.25) is 5.91 Å². The minimum absolute atomic E-state index is 0.00122. The second kappa shape index (κ2) is 8.85. The van der Waals surface area contributed by atoms with Gasteiger partial charge in [0.25, 0.3) is 0 Å². The Morgan fingerprint density at radius 1 is 1.23 bits per heavy atom. The number of nitrogens with one attached hydrogen (secondary N) is 1. The number of thioether (sulfide) groups is 1. The molecule has 0 aliphatic heterocycles. The minimum Gasteiger partial charge on any atom is -0.351 e. The fourth-order valence-electron chi connectivity index (χ4n) is 2.65. The summed E-state index contributed by atoms with van der Waals surface area (Å²) in [6.07, 6.45) is 4.57. The largest absolute Gasteiger partial charge is 0.351 e. The van der Waals surface area contributed by atoms with Crippen LogP contribution in [0.4, 0.5) is 0 Å². The smallest absolute Gasteiger partial charge is 0.230 e. The van der Waals surface area contributed by atoms with Gasteiger partial charge in [-0.1, -0.05) is 43.8 Å². The van der Waals surface area contributed by atoms with Gasteiger partial charge in [0.1, 0.15) is 0 Å². The number of pyridine rings is 1. The zero-order valence-corrected chi connectivity index (χ0v) is 16.0. The number of imidazole rings is 1. The number of nitrogens with zero attached hydrogens (tertiary/aromatic N) is 3. The summed E-state index contributed by atoms with van der Waals surface area (Å²) in [4.78, 5) is 21.0. The van der Waals surface area contributed by atoms with Crippen LogP contribution in [-0.2, 0) is 17.9 Å². The highest BCUT2D eigenvalue weighted by Gasteiger charge is 2.13. The van der Waals surface area contributed by atoms with Gasteiger partial charge in [-0.3, -0.25) is 9.78 Å². The predicted octanol–water partition coefficient (Wildman–Crippen LogP) is 3.89. The first-order valence-electron chi connectivity index (χ1n) is 8.87. The number of aryl methyl sites for hydroxylation is 1. The van der Waals surface area contributed by atoms with Crippen LogP contribution in [0.5, 0.6) is 0 Å². The maximum Gasteiger partial charge on any atom is 0.230 e. The second-order valence-electron chi connectivity index (χ2n) is 6.64. The first-order chi connectivity index (χ1) is 12.6. The molecule has 0 unspecified atom stereocenters. The maximum atomic E-state index is 12.2. The Morgan fingerprint density at radius 3 is 2.85 bits per heavy atom. The number of rotatable bonds is 8. The molecule has 3 aromatic rings. The van der Waals surface area contributed by atoms with Crippen molar-refractivity contribution in [1.29, 1.82) is 0 Å². The molecule has 0 aliphatic rings. The number of benzene rings is 1. The van der Waals surface area contributed by atoms with E-state index in [4.69, 9.17) is 4.98 Å². The Morgan fingerprint density at radius 2 is 2.08 bits per heavy atom. The zero-order valence-electron chi connectivity index (χ0n) is 15.2. The van der Waals surface area contributed by atoms with E-state index in [1.807, 2.05) is 30.3 Å². The standard InChI is InChI=1S/C20H24N4OS/c1-15(2)9-11-24-18-8-4-3-7-17(18)23-20(24)26-14-19(25)22-13-16-6-5-10-21-12-16/h3-8,10,12,15H,9,11,13-14H2,1-2H3,(H,22,25). The SMILES string of the molecule is CC(C)CCn1c(SCC(=O)NCc2cccnc2)nc2ccccc21. The van der Waals surface area contributed by atoms with Crippen molar-refractivity contribution in [3.05, 3.63) is 54.4 Å². The van der Waals surface area contributed by atoms with Crippen molar-refractivity contribution in [3.8, 4) is 0 Å². The highest BCUT2D eigenvalue weighted by molar-refractivity contribution is 7.99. The third-order valence-electron chi connectivity index (χ3n) is 4.09. The average Bonchev–Trinajstić information content (AvgIpc) is 3.01. The number of aromatic nitrogens is 3. The monoisotopic (exact) mass is 368 g/mol. The summed E-state index contributed by atoms with van der Waals surface area (Å²) < 4.78 is 2.23. The highest BCUT2D eigenvalue weighted by atomic mass is 32.2. The normalized spacial score (nSPS) is 11.2. The number of amides is 1. The van der Waals surface area contributed by atoms with E-state index in [9.17, 15) is 4.79 Å². The molecule has 2 heterocycles. The van der Waals surface area contributed by atoms with Crippen molar-refractivity contribution >= 4 is 28.7 Å². The van der Waals surface area contributed by atoms with Crippen molar-refractivity contribution < 1.29 is 4.79 Å². The molecular weight excluding hydrogens is 344 g/mol. The Bertz CT molecular complexity index is 861. The average molecular weight is 369 g/mol. The maximum absolute atomic E-state index is 12.2. The Hall–Kier alpha value is -2.34. The summed E-state index contributed by atoms with van der Waals surface area (Å²) in [6.45, 7) is 5.85. The van der Waals surface area contributed by atoms with E-state index in [2.05, 4.69) is 34.8 Å². The van der Waals surface area contributed by atoms with Crippen LogP contribution in [0.1, 0.15) is 25.8 Å². The van der Waals surface area contributed by atoms with Crippen LogP contribution in [0.3, 0.4) is 0 Å². The lowest BCUT2D eigenvalue weighted by atomic mass is 10.1. The molecule has 2 aromatic heterocycles. The van der Waals surface area contributed by atoms with Gasteiger partial charge in [0.05, 0.1) is 16.8 Å². The van der Waals surface area contributed by atoms with E-state index in [0.717, 1.165) is 34.7 Å². The van der Waals surface area contributed by atoms with Crippen molar-refractivity contribution in [1.82, 2.24) is 19.9 Å². The lowest BCUT2D eigenvalue weighted by Gasteiger charge is -2.10. The quantitative estimate of drug-likeness (QED) is 0.613. The molecular formula is C20H24N4OS. The Balaban J connectivity index is 1.64. The number of carbonyl (C=O) groups excluding carboxylic acids is 1. The van der Waals surface area contributed by atoms with Gasteiger partial charge in [-0.25, -0.2) is 4.98 Å². The van der Waals surface area contributed by atoms with Crippen molar-refractivity contribution in [2.24, 2.45) is 5.92 Å². The topological polar surface area (TPSA) is 59.8 Å². The zero-order chi connectivity index (χ0) is 18.4. The van der Waals surface area contributed by atoms with Gasteiger partial charge < -0.3 is 9.88 Å². The van der Waals surface area contributed by atoms with E-state index in [0.29, 0.717) is 18.2 Å². The van der Waals surface area contributed by atoms with Crippen LogP contribution < -0.4 is 5.32 Å². The van der Waals surface area contributed by atoms with E-state index >= 15 is 0 Å². The first-order valence-corrected chi connectivity index (χ1v) is 9.85. The molecule has 0 saturated carbocycles. The molecule has 0 atom stereocenters. The van der Waals surface area contributed by atoms with Gasteiger partial charge in [-0.2, -0.15) is 0 Å². The van der Waals surface area contributed by atoms with Gasteiger partial charge >= 0.3 is 0 Å². The summed E-state index contributed by atoms with van der Waals surface area (Å²) in [6, 6.07) is 12.0. The number of para-hydroxylation sites is 2. The molecule has 0 saturated heterocycles. The first kappa shape index (κ1) is 18.5. The second-order valence-corrected chi connectivity index (χ2v) is 7.59. The summed E-state index contributed by atoms with van der Waals surface area (Å²) in [7, 11) is 0. The molecule has 6 heteroatoms. The summed E-state index contributed by atoms with van der Waals surface area (Å²) in [5.74, 6) is 0.976. The molecule has 0 bridgehead atoms. The molecule has 1 amide bonds. The Kier molecular flexibility index (Phi) is 6.28. The van der Waals surface area contributed by atoms with Crippen molar-refractivity contribution in [2.45, 2.75) is 38.5 Å². The lowest BCUT2D eigenvalue weighted by molar-refractivity contribution is -0.118. The van der Waals surface area contributed by atoms with E-state index in [1.165, 1.54) is 11.8 Å².